The van der Waals surface area contributed by atoms with Crippen LogP contribution in [0.1, 0.15) is 37.6 Å². The van der Waals surface area contributed by atoms with Crippen LogP contribution in [0.3, 0.4) is 0 Å². The molecule has 0 aliphatic rings. The molecule has 19 heavy (non-hydrogen) atoms. The first-order chi connectivity index (χ1) is 9.28. The summed E-state index contributed by atoms with van der Waals surface area (Å²) in [5.74, 6) is 0.747. The summed E-state index contributed by atoms with van der Waals surface area (Å²) in [6.45, 7) is 4.27. The number of aryl methyl sites for hydroxylation is 1. The first kappa shape index (κ1) is 13.7. The molecule has 0 saturated heterocycles. The highest BCUT2D eigenvalue weighted by Gasteiger charge is 2.12. The zero-order valence-corrected chi connectivity index (χ0v) is 11.5. The van der Waals surface area contributed by atoms with Gasteiger partial charge < -0.3 is 5.11 Å². The molecule has 3 heteroatoms. The number of aliphatic hydroxyl groups excluding tert-OH is 1. The molecule has 1 atom stereocenters. The average molecular weight is 256 g/mol. The van der Waals surface area contributed by atoms with E-state index < -0.39 is 0 Å². The Bertz CT molecular complexity index is 519. The Balaban J connectivity index is 2.31. The van der Waals surface area contributed by atoms with Crippen molar-refractivity contribution in [2.75, 3.05) is 6.61 Å². The Kier molecular flexibility index (Phi) is 4.63. The topological polar surface area (TPSA) is 46.0 Å². The molecule has 0 saturated carbocycles. The minimum atomic E-state index is 0.0230. The van der Waals surface area contributed by atoms with Gasteiger partial charge in [0.2, 0.25) is 0 Å². The van der Waals surface area contributed by atoms with Gasteiger partial charge in [-0.05, 0) is 24.5 Å². The van der Waals surface area contributed by atoms with Crippen molar-refractivity contribution in [2.24, 2.45) is 0 Å². The maximum Gasteiger partial charge on any atom is 0.134 e. The molecule has 100 valence electrons. The summed E-state index contributed by atoms with van der Waals surface area (Å²) in [7, 11) is 0. The van der Waals surface area contributed by atoms with E-state index in [1.54, 1.807) is 6.20 Å². The summed E-state index contributed by atoms with van der Waals surface area (Å²) < 4.78 is 0. The summed E-state index contributed by atoms with van der Waals surface area (Å²) >= 11 is 0. The molecule has 0 amide bonds. The molecule has 0 bridgehead atoms. The van der Waals surface area contributed by atoms with E-state index in [0.29, 0.717) is 0 Å². The monoisotopic (exact) mass is 256 g/mol. The van der Waals surface area contributed by atoms with Gasteiger partial charge in [0.25, 0.3) is 0 Å². The largest absolute Gasteiger partial charge is 0.396 e. The van der Waals surface area contributed by atoms with Crippen molar-refractivity contribution >= 4 is 0 Å². The lowest BCUT2D eigenvalue weighted by Gasteiger charge is -2.11. The van der Waals surface area contributed by atoms with Crippen molar-refractivity contribution in [3.8, 4) is 11.3 Å². The standard InChI is InChI=1S/C16H20N2O/c1-3-12-5-7-14(8-6-12)15-9-10-17-16(18-15)13(4-2)11-19/h5-10,13,19H,3-4,11H2,1-2H3. The highest BCUT2D eigenvalue weighted by Crippen LogP contribution is 2.21. The van der Waals surface area contributed by atoms with Gasteiger partial charge in [0, 0.05) is 17.7 Å². The summed E-state index contributed by atoms with van der Waals surface area (Å²) in [5, 5.41) is 9.33. The fraction of sp³-hybridized carbons (Fsp3) is 0.375. The van der Waals surface area contributed by atoms with E-state index in [1.165, 1.54) is 5.56 Å². The molecule has 1 aromatic heterocycles. The van der Waals surface area contributed by atoms with Crippen LogP contribution in [0.25, 0.3) is 11.3 Å². The number of hydrogen-bond acceptors (Lipinski definition) is 3. The Morgan fingerprint density at radius 1 is 1.11 bits per heavy atom. The van der Waals surface area contributed by atoms with Gasteiger partial charge in [0.15, 0.2) is 0 Å². The first-order valence-electron chi connectivity index (χ1n) is 6.81. The third-order valence-corrected chi connectivity index (χ3v) is 3.41. The van der Waals surface area contributed by atoms with E-state index in [2.05, 4.69) is 41.2 Å². The normalized spacial score (nSPS) is 12.4. The number of rotatable bonds is 5. The highest BCUT2D eigenvalue weighted by atomic mass is 16.3. The summed E-state index contributed by atoms with van der Waals surface area (Å²) in [6.07, 6.45) is 3.65. The SMILES string of the molecule is CCc1ccc(-c2ccnc(C(CC)CO)n2)cc1. The molecule has 0 radical (unpaired) electrons. The van der Waals surface area contributed by atoms with Crippen molar-refractivity contribution in [3.05, 3.63) is 47.9 Å². The summed E-state index contributed by atoms with van der Waals surface area (Å²) in [5.41, 5.74) is 3.33. The van der Waals surface area contributed by atoms with Gasteiger partial charge in [0.05, 0.1) is 12.3 Å². The lowest BCUT2D eigenvalue weighted by atomic mass is 10.1. The predicted octanol–water partition coefficient (Wildman–Crippen LogP) is 3.19. The predicted molar refractivity (Wildman–Crippen MR) is 77.0 cm³/mol. The van der Waals surface area contributed by atoms with Crippen LogP contribution in [0.5, 0.6) is 0 Å². The van der Waals surface area contributed by atoms with Crippen LogP contribution in [-0.4, -0.2) is 21.7 Å². The van der Waals surface area contributed by atoms with Gasteiger partial charge in [-0.1, -0.05) is 38.1 Å². The molecule has 1 N–H and O–H groups in total. The average Bonchev–Trinajstić information content (AvgIpc) is 2.49. The van der Waals surface area contributed by atoms with Crippen molar-refractivity contribution in [1.82, 2.24) is 9.97 Å². The van der Waals surface area contributed by atoms with Gasteiger partial charge in [0.1, 0.15) is 5.82 Å². The summed E-state index contributed by atoms with van der Waals surface area (Å²) in [6, 6.07) is 10.3. The van der Waals surface area contributed by atoms with Crippen LogP contribution in [0, 0.1) is 0 Å². The van der Waals surface area contributed by atoms with Crippen LogP contribution in [0.4, 0.5) is 0 Å². The van der Waals surface area contributed by atoms with E-state index in [-0.39, 0.29) is 12.5 Å². The van der Waals surface area contributed by atoms with Crippen LogP contribution in [0.15, 0.2) is 36.5 Å². The molecular formula is C16H20N2O. The van der Waals surface area contributed by atoms with Gasteiger partial charge in [-0.15, -0.1) is 0 Å². The quantitative estimate of drug-likeness (QED) is 0.893. The lowest BCUT2D eigenvalue weighted by Crippen LogP contribution is -2.08. The second-order valence-electron chi connectivity index (χ2n) is 4.64. The number of hydrogen-bond donors (Lipinski definition) is 1. The van der Waals surface area contributed by atoms with Crippen LogP contribution >= 0.6 is 0 Å². The molecule has 0 aliphatic heterocycles. The van der Waals surface area contributed by atoms with Crippen LogP contribution in [-0.2, 0) is 6.42 Å². The number of aliphatic hydroxyl groups is 1. The van der Waals surface area contributed by atoms with E-state index >= 15 is 0 Å². The molecule has 0 spiro atoms. The first-order valence-corrected chi connectivity index (χ1v) is 6.81. The fourth-order valence-electron chi connectivity index (χ4n) is 2.04. The van der Waals surface area contributed by atoms with Gasteiger partial charge >= 0.3 is 0 Å². The van der Waals surface area contributed by atoms with Gasteiger partial charge in [-0.2, -0.15) is 0 Å². The Morgan fingerprint density at radius 3 is 2.42 bits per heavy atom. The molecule has 1 aromatic carbocycles. The van der Waals surface area contributed by atoms with E-state index in [9.17, 15) is 5.11 Å². The molecule has 0 aliphatic carbocycles. The third kappa shape index (κ3) is 3.18. The van der Waals surface area contributed by atoms with Crippen molar-refractivity contribution in [1.29, 1.82) is 0 Å². The fourth-order valence-corrected chi connectivity index (χ4v) is 2.04. The second kappa shape index (κ2) is 6.43. The van der Waals surface area contributed by atoms with Crippen molar-refractivity contribution in [3.63, 3.8) is 0 Å². The second-order valence-corrected chi connectivity index (χ2v) is 4.64. The minimum Gasteiger partial charge on any atom is -0.396 e. The van der Waals surface area contributed by atoms with Crippen molar-refractivity contribution in [2.45, 2.75) is 32.6 Å². The van der Waals surface area contributed by atoms with Crippen molar-refractivity contribution < 1.29 is 5.11 Å². The minimum absolute atomic E-state index is 0.0230. The third-order valence-electron chi connectivity index (χ3n) is 3.41. The summed E-state index contributed by atoms with van der Waals surface area (Å²) in [4.78, 5) is 8.84. The van der Waals surface area contributed by atoms with Gasteiger partial charge in [-0.25, -0.2) is 9.97 Å². The van der Waals surface area contributed by atoms with Gasteiger partial charge in [-0.3, -0.25) is 0 Å². The van der Waals surface area contributed by atoms with E-state index in [4.69, 9.17) is 0 Å². The molecule has 2 rings (SSSR count). The maximum absolute atomic E-state index is 9.33. The smallest absolute Gasteiger partial charge is 0.134 e. The Hall–Kier alpha value is -1.74. The number of benzene rings is 1. The molecular weight excluding hydrogens is 236 g/mol. The maximum atomic E-state index is 9.33. The number of aromatic nitrogens is 2. The van der Waals surface area contributed by atoms with E-state index in [0.717, 1.165) is 29.9 Å². The molecule has 1 unspecified atom stereocenters. The van der Waals surface area contributed by atoms with Crippen LogP contribution in [0.2, 0.25) is 0 Å². The van der Waals surface area contributed by atoms with Crippen LogP contribution < -0.4 is 0 Å². The molecule has 2 aromatic rings. The number of nitrogens with zero attached hydrogens (tertiary/aromatic N) is 2. The molecule has 0 fully saturated rings. The molecule has 3 nitrogen and oxygen atoms in total. The highest BCUT2D eigenvalue weighted by molar-refractivity contribution is 5.59. The zero-order chi connectivity index (χ0) is 13.7. The lowest BCUT2D eigenvalue weighted by molar-refractivity contribution is 0.257. The Morgan fingerprint density at radius 2 is 1.84 bits per heavy atom. The zero-order valence-electron chi connectivity index (χ0n) is 11.5. The van der Waals surface area contributed by atoms with E-state index in [1.807, 2.05) is 13.0 Å². The molecule has 1 heterocycles. The Labute approximate surface area is 114 Å².